The molecule has 0 amide bonds. The van der Waals surface area contributed by atoms with Crippen molar-refractivity contribution in [2.45, 2.75) is 38.2 Å². The standard InChI is InChI=1S/C11H18N2OS/c12-6-3-4-9-8-15-11(13-9)10-5-1-2-7-14-10/h8,10H,1-7,12H2. The first-order chi connectivity index (χ1) is 7.40. The van der Waals surface area contributed by atoms with Crippen LogP contribution in [0.5, 0.6) is 0 Å². The molecule has 15 heavy (non-hydrogen) atoms. The van der Waals surface area contributed by atoms with Crippen molar-refractivity contribution in [1.29, 1.82) is 0 Å². The molecule has 0 saturated carbocycles. The lowest BCUT2D eigenvalue weighted by Gasteiger charge is -2.20. The minimum absolute atomic E-state index is 0.260. The van der Waals surface area contributed by atoms with E-state index in [9.17, 15) is 0 Å². The summed E-state index contributed by atoms with van der Waals surface area (Å²) in [7, 11) is 0. The van der Waals surface area contributed by atoms with Gasteiger partial charge >= 0.3 is 0 Å². The topological polar surface area (TPSA) is 48.1 Å². The molecule has 2 heterocycles. The van der Waals surface area contributed by atoms with E-state index < -0.39 is 0 Å². The van der Waals surface area contributed by atoms with E-state index in [1.807, 2.05) is 0 Å². The van der Waals surface area contributed by atoms with Gasteiger partial charge in [-0.1, -0.05) is 0 Å². The summed E-state index contributed by atoms with van der Waals surface area (Å²) in [6, 6.07) is 0. The molecule has 0 radical (unpaired) electrons. The molecular formula is C11H18N2OS. The van der Waals surface area contributed by atoms with E-state index in [-0.39, 0.29) is 6.10 Å². The molecule has 0 aliphatic carbocycles. The maximum Gasteiger partial charge on any atom is 0.122 e. The lowest BCUT2D eigenvalue weighted by atomic mass is 10.1. The van der Waals surface area contributed by atoms with Gasteiger partial charge in [0.15, 0.2) is 0 Å². The molecule has 0 bridgehead atoms. The number of thiazole rings is 1. The van der Waals surface area contributed by atoms with Crippen molar-refractivity contribution in [1.82, 2.24) is 4.98 Å². The first kappa shape index (κ1) is 11.0. The van der Waals surface area contributed by atoms with Crippen LogP contribution in [-0.2, 0) is 11.2 Å². The summed E-state index contributed by atoms with van der Waals surface area (Å²) < 4.78 is 5.71. The molecule has 3 nitrogen and oxygen atoms in total. The van der Waals surface area contributed by atoms with E-state index in [2.05, 4.69) is 10.4 Å². The molecule has 0 spiro atoms. The van der Waals surface area contributed by atoms with Gasteiger partial charge in [0.25, 0.3) is 0 Å². The Morgan fingerprint density at radius 3 is 3.20 bits per heavy atom. The monoisotopic (exact) mass is 226 g/mol. The smallest absolute Gasteiger partial charge is 0.122 e. The number of rotatable bonds is 4. The lowest BCUT2D eigenvalue weighted by molar-refractivity contribution is 0.0147. The average Bonchev–Trinajstić information content (AvgIpc) is 2.76. The van der Waals surface area contributed by atoms with Gasteiger partial charge in [0.2, 0.25) is 0 Å². The van der Waals surface area contributed by atoms with Crippen LogP contribution in [0.2, 0.25) is 0 Å². The first-order valence-corrected chi connectivity index (χ1v) is 6.54. The van der Waals surface area contributed by atoms with Crippen LogP contribution in [0.1, 0.15) is 42.5 Å². The zero-order valence-electron chi connectivity index (χ0n) is 8.95. The van der Waals surface area contributed by atoms with Gasteiger partial charge in [0, 0.05) is 12.0 Å². The molecule has 1 unspecified atom stereocenters. The van der Waals surface area contributed by atoms with E-state index in [1.54, 1.807) is 11.3 Å². The highest BCUT2D eigenvalue weighted by Crippen LogP contribution is 2.30. The van der Waals surface area contributed by atoms with Gasteiger partial charge in [-0.05, 0) is 38.6 Å². The zero-order chi connectivity index (χ0) is 10.5. The Labute approximate surface area is 94.7 Å². The molecule has 1 fully saturated rings. The Kier molecular flexibility index (Phi) is 4.11. The molecule has 1 saturated heterocycles. The first-order valence-electron chi connectivity index (χ1n) is 5.66. The summed E-state index contributed by atoms with van der Waals surface area (Å²) in [5.74, 6) is 0. The van der Waals surface area contributed by atoms with Crippen LogP contribution in [0, 0.1) is 0 Å². The Morgan fingerprint density at radius 2 is 2.47 bits per heavy atom. The van der Waals surface area contributed by atoms with Gasteiger partial charge in [-0.25, -0.2) is 4.98 Å². The number of aryl methyl sites for hydroxylation is 1. The summed E-state index contributed by atoms with van der Waals surface area (Å²) in [5, 5.41) is 3.30. The fourth-order valence-corrected chi connectivity index (χ4v) is 2.74. The van der Waals surface area contributed by atoms with Crippen LogP contribution >= 0.6 is 11.3 Å². The Hall–Kier alpha value is -0.450. The normalized spacial score (nSPS) is 21.8. The maximum absolute atomic E-state index is 5.71. The summed E-state index contributed by atoms with van der Waals surface area (Å²) in [4.78, 5) is 4.61. The Morgan fingerprint density at radius 1 is 1.53 bits per heavy atom. The van der Waals surface area contributed by atoms with Crippen molar-refractivity contribution in [2.24, 2.45) is 5.73 Å². The fourth-order valence-electron chi connectivity index (χ4n) is 1.80. The van der Waals surface area contributed by atoms with E-state index in [0.29, 0.717) is 0 Å². The minimum Gasteiger partial charge on any atom is -0.371 e. The second-order valence-electron chi connectivity index (χ2n) is 3.92. The Bertz CT molecular complexity index is 295. The predicted octanol–water partition coefficient (Wildman–Crippen LogP) is 2.28. The average molecular weight is 226 g/mol. The number of aromatic nitrogens is 1. The summed E-state index contributed by atoms with van der Waals surface area (Å²) >= 11 is 1.73. The third-order valence-electron chi connectivity index (χ3n) is 2.66. The van der Waals surface area contributed by atoms with Gasteiger partial charge in [-0.15, -0.1) is 11.3 Å². The van der Waals surface area contributed by atoms with Gasteiger partial charge in [-0.3, -0.25) is 0 Å². The Balaban J connectivity index is 1.93. The molecule has 84 valence electrons. The van der Waals surface area contributed by atoms with Crippen LogP contribution in [-0.4, -0.2) is 18.1 Å². The third-order valence-corrected chi connectivity index (χ3v) is 3.65. The molecule has 1 aliphatic rings. The minimum atomic E-state index is 0.260. The summed E-state index contributed by atoms with van der Waals surface area (Å²) in [5.41, 5.74) is 6.65. The van der Waals surface area contributed by atoms with Crippen molar-refractivity contribution in [2.75, 3.05) is 13.2 Å². The number of ether oxygens (including phenoxy) is 1. The van der Waals surface area contributed by atoms with Crippen LogP contribution in [0.3, 0.4) is 0 Å². The van der Waals surface area contributed by atoms with Crippen molar-refractivity contribution < 1.29 is 4.74 Å². The van der Waals surface area contributed by atoms with Crippen molar-refractivity contribution in [3.05, 3.63) is 16.1 Å². The van der Waals surface area contributed by atoms with E-state index in [0.717, 1.165) is 37.4 Å². The quantitative estimate of drug-likeness (QED) is 0.856. The van der Waals surface area contributed by atoms with E-state index in [4.69, 9.17) is 10.5 Å². The number of nitrogens with two attached hydrogens (primary N) is 1. The van der Waals surface area contributed by atoms with Crippen molar-refractivity contribution in [3.63, 3.8) is 0 Å². The molecule has 2 N–H and O–H groups in total. The maximum atomic E-state index is 5.71. The van der Waals surface area contributed by atoms with Crippen LogP contribution in [0.15, 0.2) is 5.38 Å². The molecule has 2 rings (SSSR count). The highest BCUT2D eigenvalue weighted by molar-refractivity contribution is 7.09. The summed E-state index contributed by atoms with van der Waals surface area (Å²) in [6.45, 7) is 1.63. The molecule has 0 aromatic carbocycles. The number of nitrogens with zero attached hydrogens (tertiary/aromatic N) is 1. The lowest BCUT2D eigenvalue weighted by Crippen LogP contribution is -2.11. The number of hydrogen-bond acceptors (Lipinski definition) is 4. The van der Waals surface area contributed by atoms with Gasteiger partial charge in [-0.2, -0.15) is 0 Å². The molecular weight excluding hydrogens is 208 g/mol. The molecule has 1 atom stereocenters. The third kappa shape index (κ3) is 3.00. The van der Waals surface area contributed by atoms with Crippen molar-refractivity contribution in [3.8, 4) is 0 Å². The van der Waals surface area contributed by atoms with Crippen molar-refractivity contribution >= 4 is 11.3 Å². The van der Waals surface area contributed by atoms with Crippen LogP contribution < -0.4 is 5.73 Å². The largest absolute Gasteiger partial charge is 0.371 e. The highest BCUT2D eigenvalue weighted by Gasteiger charge is 2.18. The SMILES string of the molecule is NCCCc1csc(C2CCCCO2)n1. The fraction of sp³-hybridized carbons (Fsp3) is 0.727. The van der Waals surface area contributed by atoms with E-state index >= 15 is 0 Å². The van der Waals surface area contributed by atoms with Gasteiger partial charge in [0.1, 0.15) is 11.1 Å². The molecule has 1 aromatic rings. The molecule has 4 heteroatoms. The highest BCUT2D eigenvalue weighted by atomic mass is 32.1. The van der Waals surface area contributed by atoms with Gasteiger partial charge < -0.3 is 10.5 Å². The zero-order valence-corrected chi connectivity index (χ0v) is 9.76. The van der Waals surface area contributed by atoms with Crippen LogP contribution in [0.25, 0.3) is 0 Å². The number of hydrogen-bond donors (Lipinski definition) is 1. The molecule has 1 aromatic heterocycles. The molecule has 1 aliphatic heterocycles. The van der Waals surface area contributed by atoms with E-state index in [1.165, 1.54) is 18.5 Å². The van der Waals surface area contributed by atoms with Gasteiger partial charge in [0.05, 0.1) is 5.69 Å². The second-order valence-corrected chi connectivity index (χ2v) is 4.81. The predicted molar refractivity (Wildman–Crippen MR) is 62.0 cm³/mol. The van der Waals surface area contributed by atoms with Crippen LogP contribution in [0.4, 0.5) is 0 Å². The summed E-state index contributed by atoms with van der Waals surface area (Å²) in [6.07, 6.45) is 5.87. The second kappa shape index (κ2) is 5.58.